The number of nitrogens with two attached hydrogens (primary N) is 1. The van der Waals surface area contributed by atoms with Gasteiger partial charge in [-0.3, -0.25) is 15.2 Å². The Balaban J connectivity index is 1.88. The lowest BCUT2D eigenvalue weighted by molar-refractivity contribution is 0.0948. The Morgan fingerprint density at radius 3 is 2.76 bits per heavy atom. The van der Waals surface area contributed by atoms with E-state index >= 15 is 0 Å². The molecule has 0 aliphatic rings. The monoisotopic (exact) mass is 307 g/mol. The number of hydrogen-bond donors (Lipinski definition) is 2. The van der Waals surface area contributed by atoms with Gasteiger partial charge in [0.2, 0.25) is 0 Å². The van der Waals surface area contributed by atoms with Crippen LogP contribution in [0.1, 0.15) is 10.4 Å². The number of hydrogen-bond acceptors (Lipinski definition) is 5. The molecule has 2 aromatic rings. The smallest absolute Gasteiger partial charge is 0.268 e. The molecule has 1 aromatic heterocycles. The molecule has 110 valence electrons. The maximum Gasteiger partial charge on any atom is 0.268 e. The van der Waals surface area contributed by atoms with Gasteiger partial charge < -0.3 is 9.47 Å². The summed E-state index contributed by atoms with van der Waals surface area (Å²) in [7, 11) is 0. The van der Waals surface area contributed by atoms with Crippen molar-refractivity contribution in [2.45, 2.75) is 0 Å². The number of nitrogens with one attached hydrogen (secondary N) is 1. The van der Waals surface area contributed by atoms with Crippen molar-refractivity contribution >= 4 is 17.5 Å². The minimum atomic E-state index is -0.412. The molecule has 0 bridgehead atoms. The Morgan fingerprint density at radius 1 is 1.24 bits per heavy atom. The van der Waals surface area contributed by atoms with Gasteiger partial charge >= 0.3 is 0 Å². The third kappa shape index (κ3) is 4.34. The number of para-hydroxylation sites is 1. The lowest BCUT2D eigenvalue weighted by Gasteiger charge is -2.11. The molecule has 0 radical (unpaired) electrons. The van der Waals surface area contributed by atoms with E-state index in [2.05, 4.69) is 10.4 Å². The fourth-order valence-electron chi connectivity index (χ4n) is 1.64. The summed E-state index contributed by atoms with van der Waals surface area (Å²) in [6.45, 7) is 0.558. The Morgan fingerprint density at radius 2 is 2.00 bits per heavy atom. The molecule has 1 heterocycles. The molecule has 0 saturated carbocycles. The second-order valence-electron chi connectivity index (χ2n) is 4.01. The van der Waals surface area contributed by atoms with Crippen molar-refractivity contribution in [1.29, 1.82) is 0 Å². The van der Waals surface area contributed by atoms with Crippen LogP contribution in [0.3, 0.4) is 0 Å². The average Bonchev–Trinajstić information content (AvgIpc) is 2.51. The lowest BCUT2D eigenvalue weighted by atomic mass is 10.2. The van der Waals surface area contributed by atoms with E-state index in [1.807, 2.05) is 0 Å². The number of nitrogen functional groups attached to an aromatic ring is 1. The van der Waals surface area contributed by atoms with Gasteiger partial charge in [0.05, 0.1) is 16.8 Å². The number of aromatic nitrogens is 1. The van der Waals surface area contributed by atoms with Crippen LogP contribution in [-0.4, -0.2) is 24.1 Å². The van der Waals surface area contributed by atoms with Gasteiger partial charge in [-0.15, -0.1) is 0 Å². The molecule has 1 aromatic carbocycles. The van der Waals surface area contributed by atoms with Crippen LogP contribution in [0.25, 0.3) is 0 Å². The normalized spacial score (nSPS) is 10.0. The zero-order valence-corrected chi connectivity index (χ0v) is 11.8. The van der Waals surface area contributed by atoms with Gasteiger partial charge in [-0.2, -0.15) is 0 Å². The zero-order valence-electron chi connectivity index (χ0n) is 11.1. The van der Waals surface area contributed by atoms with E-state index in [9.17, 15) is 4.79 Å². The quantitative estimate of drug-likeness (QED) is 0.368. The molecule has 21 heavy (non-hydrogen) atoms. The number of benzene rings is 1. The molecule has 3 N–H and O–H groups in total. The standard InChI is InChI=1S/C14H14ClN3O3/c15-10-7-11(9-17-8-10)20-5-6-21-13-4-2-1-3-12(13)14(19)18-16/h1-4,7-9H,5-6,16H2,(H,18,19). The number of carbonyl (C=O) groups excluding carboxylic acids is 1. The Kier molecular flexibility index (Phi) is 5.36. The lowest BCUT2D eigenvalue weighted by Crippen LogP contribution is -2.30. The van der Waals surface area contributed by atoms with Crippen LogP contribution in [0.5, 0.6) is 11.5 Å². The van der Waals surface area contributed by atoms with E-state index in [1.165, 1.54) is 6.20 Å². The fraction of sp³-hybridized carbons (Fsp3) is 0.143. The molecular weight excluding hydrogens is 294 g/mol. The predicted octanol–water partition coefficient (Wildman–Crippen LogP) is 1.80. The van der Waals surface area contributed by atoms with Crippen LogP contribution in [0.2, 0.25) is 5.02 Å². The molecule has 0 aliphatic heterocycles. The van der Waals surface area contributed by atoms with E-state index in [0.29, 0.717) is 28.7 Å². The first-order valence-electron chi connectivity index (χ1n) is 6.17. The summed E-state index contributed by atoms with van der Waals surface area (Å²) in [6.07, 6.45) is 3.08. The highest BCUT2D eigenvalue weighted by atomic mass is 35.5. The highest BCUT2D eigenvalue weighted by Crippen LogP contribution is 2.18. The van der Waals surface area contributed by atoms with Gasteiger partial charge in [0.1, 0.15) is 24.7 Å². The average molecular weight is 308 g/mol. The Labute approximate surface area is 126 Å². The molecule has 0 aliphatic carbocycles. The molecule has 2 rings (SSSR count). The molecule has 6 nitrogen and oxygen atoms in total. The predicted molar refractivity (Wildman–Crippen MR) is 78.3 cm³/mol. The van der Waals surface area contributed by atoms with Crippen LogP contribution in [0, 0.1) is 0 Å². The number of nitrogens with zero attached hydrogens (tertiary/aromatic N) is 1. The van der Waals surface area contributed by atoms with Gasteiger partial charge in [0.15, 0.2) is 0 Å². The maximum absolute atomic E-state index is 11.6. The van der Waals surface area contributed by atoms with Crippen molar-refractivity contribution in [2.75, 3.05) is 13.2 Å². The van der Waals surface area contributed by atoms with E-state index in [-0.39, 0.29) is 6.61 Å². The second-order valence-corrected chi connectivity index (χ2v) is 4.44. The first-order valence-corrected chi connectivity index (χ1v) is 6.54. The number of hydrazine groups is 1. The molecule has 0 fully saturated rings. The third-order valence-electron chi connectivity index (χ3n) is 2.55. The minimum Gasteiger partial charge on any atom is -0.489 e. The molecule has 0 spiro atoms. The largest absolute Gasteiger partial charge is 0.489 e. The van der Waals surface area contributed by atoms with Crippen LogP contribution in [-0.2, 0) is 0 Å². The van der Waals surface area contributed by atoms with Crippen LogP contribution < -0.4 is 20.7 Å². The highest BCUT2D eigenvalue weighted by Gasteiger charge is 2.10. The topological polar surface area (TPSA) is 86.5 Å². The van der Waals surface area contributed by atoms with Crippen molar-refractivity contribution in [3.63, 3.8) is 0 Å². The minimum absolute atomic E-state index is 0.265. The zero-order chi connectivity index (χ0) is 15.1. The summed E-state index contributed by atoms with van der Waals surface area (Å²) in [4.78, 5) is 15.5. The SMILES string of the molecule is NNC(=O)c1ccccc1OCCOc1cncc(Cl)c1. The maximum atomic E-state index is 11.6. The van der Waals surface area contributed by atoms with Gasteiger partial charge in [0.25, 0.3) is 5.91 Å². The van der Waals surface area contributed by atoms with Crippen molar-refractivity contribution in [3.8, 4) is 11.5 Å². The summed E-state index contributed by atoms with van der Waals surface area (Å²) >= 11 is 5.80. The number of amides is 1. The van der Waals surface area contributed by atoms with Gasteiger partial charge in [-0.05, 0) is 12.1 Å². The summed E-state index contributed by atoms with van der Waals surface area (Å²) < 4.78 is 11.0. The van der Waals surface area contributed by atoms with Crippen molar-refractivity contribution in [1.82, 2.24) is 10.4 Å². The summed E-state index contributed by atoms with van der Waals surface area (Å²) in [5, 5.41) is 0.499. The molecule has 0 atom stereocenters. The van der Waals surface area contributed by atoms with Crippen molar-refractivity contribution in [2.24, 2.45) is 5.84 Å². The Hall–Kier alpha value is -2.31. The molecule has 7 heteroatoms. The number of pyridine rings is 1. The van der Waals surface area contributed by atoms with E-state index in [0.717, 1.165) is 0 Å². The number of halogens is 1. The van der Waals surface area contributed by atoms with E-state index < -0.39 is 5.91 Å². The summed E-state index contributed by atoms with van der Waals surface area (Å²) in [5.74, 6) is 5.70. The summed E-state index contributed by atoms with van der Waals surface area (Å²) in [6, 6.07) is 8.46. The van der Waals surface area contributed by atoms with Crippen molar-refractivity contribution in [3.05, 3.63) is 53.3 Å². The van der Waals surface area contributed by atoms with Crippen LogP contribution >= 0.6 is 11.6 Å². The van der Waals surface area contributed by atoms with Crippen LogP contribution in [0.4, 0.5) is 0 Å². The molecule has 0 unspecified atom stereocenters. The number of carbonyl (C=O) groups is 1. The third-order valence-corrected chi connectivity index (χ3v) is 2.76. The number of rotatable bonds is 6. The van der Waals surface area contributed by atoms with Crippen molar-refractivity contribution < 1.29 is 14.3 Å². The Bertz CT molecular complexity index is 622. The van der Waals surface area contributed by atoms with Gasteiger partial charge in [0, 0.05) is 12.3 Å². The molecule has 0 saturated heterocycles. The van der Waals surface area contributed by atoms with Gasteiger partial charge in [-0.25, -0.2) is 5.84 Å². The molecular formula is C14H14ClN3O3. The van der Waals surface area contributed by atoms with Crippen LogP contribution in [0.15, 0.2) is 42.7 Å². The van der Waals surface area contributed by atoms with Gasteiger partial charge in [-0.1, -0.05) is 23.7 Å². The first kappa shape index (κ1) is 15.1. The second kappa shape index (κ2) is 7.47. The summed E-state index contributed by atoms with van der Waals surface area (Å²) in [5.41, 5.74) is 2.44. The fourth-order valence-corrected chi connectivity index (χ4v) is 1.80. The first-order chi connectivity index (χ1) is 10.2. The van der Waals surface area contributed by atoms with E-state index in [4.69, 9.17) is 26.9 Å². The number of ether oxygens (including phenoxy) is 2. The highest BCUT2D eigenvalue weighted by molar-refractivity contribution is 6.30. The van der Waals surface area contributed by atoms with E-state index in [1.54, 1.807) is 36.5 Å². The molecule has 1 amide bonds.